The van der Waals surface area contributed by atoms with E-state index in [4.69, 9.17) is 4.74 Å². The topological polar surface area (TPSA) is 51.5 Å². The molecule has 146 valence electrons. The first-order chi connectivity index (χ1) is 14.0. The van der Waals surface area contributed by atoms with E-state index in [9.17, 15) is 14.3 Å². The summed E-state index contributed by atoms with van der Waals surface area (Å²) in [7, 11) is 0. The molecule has 0 saturated heterocycles. The number of rotatable bonds is 6. The van der Waals surface area contributed by atoms with E-state index >= 15 is 0 Å². The van der Waals surface area contributed by atoms with Crippen LogP contribution >= 0.6 is 0 Å². The average molecular weight is 389 g/mol. The Kier molecular flexibility index (Phi) is 5.04. The van der Waals surface area contributed by atoms with Gasteiger partial charge in [0.25, 0.3) is 0 Å². The summed E-state index contributed by atoms with van der Waals surface area (Å²) in [5, 5.41) is 10.0. The molecule has 0 bridgehead atoms. The molecular weight excluding hydrogens is 369 g/mol. The summed E-state index contributed by atoms with van der Waals surface area (Å²) in [5.41, 5.74) is 3.46. The third kappa shape index (κ3) is 3.99. The number of halogens is 1. The maximum Gasteiger partial charge on any atom is 0.323 e. The number of aliphatic carboxylic acids is 1. The van der Waals surface area contributed by atoms with Gasteiger partial charge >= 0.3 is 5.97 Å². The first-order valence-electron chi connectivity index (χ1n) is 9.32. The predicted molar refractivity (Wildman–Crippen MR) is 110 cm³/mol. The molecule has 4 aromatic rings. The standard InChI is InChI=1S/C24H20FNO3/c1-16-21(22-14-18(25)10-11-23(22)26(16)15-24(27)28)13-17-6-5-9-20(12-17)29-19-7-3-2-4-8-19/h2-12,14H,13,15H2,1H3,(H,27,28). The molecule has 1 N–H and O–H groups in total. The van der Waals surface area contributed by atoms with Crippen molar-refractivity contribution < 1.29 is 19.0 Å². The van der Waals surface area contributed by atoms with Crippen LogP contribution in [0.25, 0.3) is 10.9 Å². The second-order valence-corrected chi connectivity index (χ2v) is 6.94. The lowest BCUT2D eigenvalue weighted by Gasteiger charge is -2.09. The number of benzene rings is 3. The first-order valence-corrected chi connectivity index (χ1v) is 9.32. The Morgan fingerprint density at radius 3 is 2.52 bits per heavy atom. The molecule has 29 heavy (non-hydrogen) atoms. The van der Waals surface area contributed by atoms with Crippen molar-refractivity contribution in [3.05, 3.63) is 95.4 Å². The zero-order valence-electron chi connectivity index (χ0n) is 15.9. The van der Waals surface area contributed by atoms with Crippen molar-refractivity contribution in [1.82, 2.24) is 4.57 Å². The van der Waals surface area contributed by atoms with Crippen LogP contribution in [-0.2, 0) is 17.8 Å². The minimum absolute atomic E-state index is 0.162. The Morgan fingerprint density at radius 1 is 1.00 bits per heavy atom. The van der Waals surface area contributed by atoms with Gasteiger partial charge in [0.05, 0.1) is 0 Å². The zero-order chi connectivity index (χ0) is 20.4. The monoisotopic (exact) mass is 389 g/mol. The summed E-state index contributed by atoms with van der Waals surface area (Å²) in [6.07, 6.45) is 0.546. The van der Waals surface area contributed by atoms with Gasteiger partial charge in [0, 0.05) is 16.6 Å². The highest BCUT2D eigenvalue weighted by Gasteiger charge is 2.17. The molecule has 0 saturated carbocycles. The molecule has 1 heterocycles. The van der Waals surface area contributed by atoms with Gasteiger partial charge in [-0.25, -0.2) is 4.39 Å². The van der Waals surface area contributed by atoms with Crippen LogP contribution in [0.2, 0.25) is 0 Å². The van der Waals surface area contributed by atoms with Crippen molar-refractivity contribution in [2.24, 2.45) is 0 Å². The Morgan fingerprint density at radius 2 is 1.76 bits per heavy atom. The second kappa shape index (κ2) is 7.80. The number of ether oxygens (including phenoxy) is 1. The molecular formula is C24H20FNO3. The number of aromatic nitrogens is 1. The molecule has 1 aromatic heterocycles. The average Bonchev–Trinajstić information content (AvgIpc) is 2.94. The predicted octanol–water partition coefficient (Wildman–Crippen LogP) is 5.56. The number of nitrogens with zero attached hydrogens (tertiary/aromatic N) is 1. The number of hydrogen-bond donors (Lipinski definition) is 1. The summed E-state index contributed by atoms with van der Waals surface area (Å²) in [4.78, 5) is 11.3. The van der Waals surface area contributed by atoms with E-state index in [-0.39, 0.29) is 12.4 Å². The van der Waals surface area contributed by atoms with Crippen LogP contribution < -0.4 is 4.74 Å². The van der Waals surface area contributed by atoms with Crippen molar-refractivity contribution in [3.8, 4) is 11.5 Å². The van der Waals surface area contributed by atoms with E-state index < -0.39 is 5.97 Å². The molecule has 0 aliphatic rings. The van der Waals surface area contributed by atoms with Crippen molar-refractivity contribution in [2.75, 3.05) is 0 Å². The summed E-state index contributed by atoms with van der Waals surface area (Å²) < 4.78 is 21.5. The van der Waals surface area contributed by atoms with E-state index in [1.807, 2.05) is 61.5 Å². The number of para-hydroxylation sites is 1. The van der Waals surface area contributed by atoms with Crippen LogP contribution in [0.15, 0.2) is 72.8 Å². The number of carboxylic acids is 1. The molecule has 5 heteroatoms. The van der Waals surface area contributed by atoms with E-state index in [0.29, 0.717) is 12.2 Å². The maximum atomic E-state index is 13.9. The highest BCUT2D eigenvalue weighted by molar-refractivity contribution is 5.87. The van der Waals surface area contributed by atoms with Crippen LogP contribution in [0, 0.1) is 12.7 Å². The van der Waals surface area contributed by atoms with E-state index in [0.717, 1.165) is 33.5 Å². The quantitative estimate of drug-likeness (QED) is 0.470. The highest BCUT2D eigenvalue weighted by Crippen LogP contribution is 2.30. The maximum absolute atomic E-state index is 13.9. The van der Waals surface area contributed by atoms with Crippen LogP contribution in [0.5, 0.6) is 11.5 Å². The van der Waals surface area contributed by atoms with Crippen LogP contribution in [-0.4, -0.2) is 15.6 Å². The molecule has 0 aliphatic heterocycles. The molecule has 3 aromatic carbocycles. The highest BCUT2D eigenvalue weighted by atomic mass is 19.1. The summed E-state index contributed by atoms with van der Waals surface area (Å²) in [6, 6.07) is 21.7. The lowest BCUT2D eigenvalue weighted by molar-refractivity contribution is -0.137. The Balaban J connectivity index is 1.71. The van der Waals surface area contributed by atoms with Gasteiger partial charge in [-0.1, -0.05) is 30.3 Å². The number of fused-ring (bicyclic) bond motifs is 1. The lowest BCUT2D eigenvalue weighted by Crippen LogP contribution is -2.10. The van der Waals surface area contributed by atoms with Gasteiger partial charge in [-0.3, -0.25) is 4.79 Å². The molecule has 0 atom stereocenters. The largest absolute Gasteiger partial charge is 0.480 e. The van der Waals surface area contributed by atoms with Crippen LogP contribution in [0.3, 0.4) is 0 Å². The van der Waals surface area contributed by atoms with Gasteiger partial charge in [-0.15, -0.1) is 0 Å². The Hall–Kier alpha value is -3.60. The fraction of sp³-hybridized carbons (Fsp3) is 0.125. The smallest absolute Gasteiger partial charge is 0.323 e. The molecule has 4 nitrogen and oxygen atoms in total. The van der Waals surface area contributed by atoms with Gasteiger partial charge in [-0.2, -0.15) is 0 Å². The van der Waals surface area contributed by atoms with Crippen LogP contribution in [0.1, 0.15) is 16.8 Å². The first kappa shape index (κ1) is 18.7. The normalized spacial score (nSPS) is 11.0. The van der Waals surface area contributed by atoms with Crippen molar-refractivity contribution in [3.63, 3.8) is 0 Å². The summed E-state index contributed by atoms with van der Waals surface area (Å²) >= 11 is 0. The second-order valence-electron chi connectivity index (χ2n) is 6.94. The van der Waals surface area contributed by atoms with Gasteiger partial charge in [0.1, 0.15) is 23.9 Å². The van der Waals surface area contributed by atoms with Gasteiger partial charge in [-0.05, 0) is 66.9 Å². The molecule has 0 unspecified atom stereocenters. The lowest BCUT2D eigenvalue weighted by atomic mass is 10.0. The number of carboxylic acid groups (broad SMARTS) is 1. The number of carbonyl (C=O) groups is 1. The van der Waals surface area contributed by atoms with Gasteiger partial charge in [0.15, 0.2) is 0 Å². The summed E-state index contributed by atoms with van der Waals surface area (Å²) in [5.74, 6) is 0.194. The third-order valence-electron chi connectivity index (χ3n) is 4.97. The fourth-order valence-electron chi connectivity index (χ4n) is 3.63. The number of hydrogen-bond acceptors (Lipinski definition) is 2. The minimum atomic E-state index is -0.931. The zero-order valence-corrected chi connectivity index (χ0v) is 15.9. The molecule has 0 fully saturated rings. The van der Waals surface area contributed by atoms with Crippen molar-refractivity contribution in [1.29, 1.82) is 0 Å². The van der Waals surface area contributed by atoms with Gasteiger partial charge < -0.3 is 14.4 Å². The van der Waals surface area contributed by atoms with E-state index in [2.05, 4.69) is 0 Å². The van der Waals surface area contributed by atoms with Crippen LogP contribution in [0.4, 0.5) is 4.39 Å². The minimum Gasteiger partial charge on any atom is -0.480 e. The third-order valence-corrected chi connectivity index (χ3v) is 4.97. The molecule has 0 aliphatic carbocycles. The summed E-state index contributed by atoms with van der Waals surface area (Å²) in [6.45, 7) is 1.71. The molecule has 4 rings (SSSR count). The van der Waals surface area contributed by atoms with Gasteiger partial charge in [0.2, 0.25) is 0 Å². The SMILES string of the molecule is Cc1c(Cc2cccc(Oc3ccccc3)c2)c2cc(F)ccc2n1CC(=O)O. The fourth-order valence-corrected chi connectivity index (χ4v) is 3.63. The van der Waals surface area contributed by atoms with E-state index in [1.165, 1.54) is 12.1 Å². The van der Waals surface area contributed by atoms with E-state index in [1.54, 1.807) is 10.6 Å². The van der Waals surface area contributed by atoms with Crippen molar-refractivity contribution in [2.45, 2.75) is 19.9 Å². The molecule has 0 radical (unpaired) electrons. The molecule has 0 amide bonds. The van der Waals surface area contributed by atoms with Crippen molar-refractivity contribution >= 4 is 16.9 Å². The Bertz CT molecular complexity index is 1180. The molecule has 0 spiro atoms. The Labute approximate surface area is 167 Å².